The maximum absolute atomic E-state index is 13.9. The highest BCUT2D eigenvalue weighted by Gasteiger charge is 2.32. The monoisotopic (exact) mass is 439 g/mol. The zero-order valence-corrected chi connectivity index (χ0v) is 16.8. The van der Waals surface area contributed by atoms with E-state index in [-0.39, 0.29) is 28.1 Å². The van der Waals surface area contributed by atoms with E-state index >= 15 is 0 Å². The fourth-order valence-electron chi connectivity index (χ4n) is 3.60. The molecule has 1 saturated carbocycles. The molecule has 1 heterocycles. The number of nitrogens with one attached hydrogen (secondary N) is 2. The first kappa shape index (κ1) is 21.7. The number of benzene rings is 1. The van der Waals surface area contributed by atoms with E-state index in [0.717, 1.165) is 6.07 Å². The SMILES string of the molecule is CN(C(=O)c1[nH]cnc1C(N)=O)C1CCC(C(=O)Nc2c(F)cc(F)cc2Cl)CC1. The Labute approximate surface area is 175 Å². The highest BCUT2D eigenvalue weighted by molar-refractivity contribution is 6.33. The quantitative estimate of drug-likeness (QED) is 0.663. The van der Waals surface area contributed by atoms with Crippen molar-refractivity contribution in [3.05, 3.63) is 46.5 Å². The van der Waals surface area contributed by atoms with Crippen molar-refractivity contribution in [2.75, 3.05) is 12.4 Å². The van der Waals surface area contributed by atoms with Crippen molar-refractivity contribution in [1.29, 1.82) is 0 Å². The molecule has 3 rings (SSSR count). The Hall–Kier alpha value is -3.01. The third-order valence-electron chi connectivity index (χ3n) is 5.28. The third kappa shape index (κ3) is 4.43. The number of carbonyl (C=O) groups is 3. The molecular weight excluding hydrogens is 420 g/mol. The highest BCUT2D eigenvalue weighted by atomic mass is 35.5. The number of halogens is 3. The summed E-state index contributed by atoms with van der Waals surface area (Å²) in [6.45, 7) is 0. The molecule has 0 bridgehead atoms. The fraction of sp³-hybridized carbons (Fsp3) is 0.368. The first-order chi connectivity index (χ1) is 14.2. The zero-order chi connectivity index (χ0) is 22.0. The number of aromatic nitrogens is 2. The van der Waals surface area contributed by atoms with Gasteiger partial charge in [-0.3, -0.25) is 14.4 Å². The van der Waals surface area contributed by atoms with Crippen LogP contribution in [0, 0.1) is 17.6 Å². The lowest BCUT2D eigenvalue weighted by Gasteiger charge is -2.34. The average Bonchev–Trinajstić information content (AvgIpc) is 3.19. The molecule has 0 unspecified atom stereocenters. The van der Waals surface area contributed by atoms with Gasteiger partial charge in [0, 0.05) is 25.1 Å². The summed E-state index contributed by atoms with van der Waals surface area (Å²) in [6, 6.07) is 1.42. The number of aromatic amines is 1. The maximum atomic E-state index is 13.9. The predicted octanol–water partition coefficient (Wildman–Crippen LogP) is 2.71. The lowest BCUT2D eigenvalue weighted by molar-refractivity contribution is -0.121. The number of carbonyl (C=O) groups excluding carboxylic acids is 3. The van der Waals surface area contributed by atoms with Crippen molar-refractivity contribution in [3.63, 3.8) is 0 Å². The van der Waals surface area contributed by atoms with Crippen molar-refractivity contribution < 1.29 is 23.2 Å². The van der Waals surface area contributed by atoms with E-state index < -0.39 is 35.3 Å². The van der Waals surface area contributed by atoms with Crippen LogP contribution >= 0.6 is 11.6 Å². The van der Waals surface area contributed by atoms with Crippen molar-refractivity contribution >= 4 is 35.0 Å². The summed E-state index contributed by atoms with van der Waals surface area (Å²) in [4.78, 5) is 44.4. The standard InChI is InChI=1S/C19H20ClF2N5O3/c1-27(19(30)16-15(17(23)28)24-8-25-16)11-4-2-9(3-5-11)18(29)26-14-12(20)6-10(21)7-13(14)22/h6-9,11H,2-5H2,1H3,(H2,23,28)(H,24,25)(H,26,29). The molecule has 0 aliphatic heterocycles. The molecule has 160 valence electrons. The van der Waals surface area contributed by atoms with Gasteiger partial charge in [0.25, 0.3) is 11.8 Å². The van der Waals surface area contributed by atoms with Gasteiger partial charge in [-0.2, -0.15) is 0 Å². The fourth-order valence-corrected chi connectivity index (χ4v) is 3.84. The third-order valence-corrected chi connectivity index (χ3v) is 5.58. The van der Waals surface area contributed by atoms with Crippen LogP contribution in [0.4, 0.5) is 14.5 Å². The Kier molecular flexibility index (Phi) is 6.35. The lowest BCUT2D eigenvalue weighted by atomic mass is 9.84. The van der Waals surface area contributed by atoms with Gasteiger partial charge in [-0.1, -0.05) is 11.6 Å². The van der Waals surface area contributed by atoms with E-state index in [9.17, 15) is 23.2 Å². The molecule has 30 heavy (non-hydrogen) atoms. The van der Waals surface area contributed by atoms with Crippen LogP contribution in [0.1, 0.15) is 46.7 Å². The number of hydrogen-bond donors (Lipinski definition) is 3. The minimum absolute atomic E-state index is 0.0197. The Balaban J connectivity index is 1.60. The molecule has 1 aromatic heterocycles. The molecule has 4 N–H and O–H groups in total. The molecule has 8 nitrogen and oxygen atoms in total. The smallest absolute Gasteiger partial charge is 0.272 e. The second-order valence-corrected chi connectivity index (χ2v) is 7.55. The topological polar surface area (TPSA) is 121 Å². The summed E-state index contributed by atoms with van der Waals surface area (Å²) in [7, 11) is 1.60. The molecule has 0 atom stereocenters. The van der Waals surface area contributed by atoms with Gasteiger partial charge < -0.3 is 20.9 Å². The van der Waals surface area contributed by atoms with Crippen molar-refractivity contribution in [1.82, 2.24) is 14.9 Å². The molecule has 0 spiro atoms. The molecule has 3 amide bonds. The molecule has 0 saturated heterocycles. The van der Waals surface area contributed by atoms with Gasteiger partial charge in [0.1, 0.15) is 11.5 Å². The van der Waals surface area contributed by atoms with Crippen LogP contribution in [-0.4, -0.2) is 45.7 Å². The van der Waals surface area contributed by atoms with Gasteiger partial charge in [0.2, 0.25) is 5.91 Å². The number of primary amides is 1. The van der Waals surface area contributed by atoms with Crippen LogP contribution < -0.4 is 11.1 Å². The summed E-state index contributed by atoms with van der Waals surface area (Å²) in [5, 5.41) is 2.21. The predicted molar refractivity (Wildman–Crippen MR) is 105 cm³/mol. The Bertz CT molecular complexity index is 965. The van der Waals surface area contributed by atoms with E-state index in [1.54, 1.807) is 7.05 Å². The molecule has 11 heteroatoms. The largest absolute Gasteiger partial charge is 0.364 e. The lowest BCUT2D eigenvalue weighted by Crippen LogP contribution is -2.41. The van der Waals surface area contributed by atoms with Gasteiger partial charge >= 0.3 is 0 Å². The summed E-state index contributed by atoms with van der Waals surface area (Å²) in [5.41, 5.74) is 4.87. The van der Waals surface area contributed by atoms with Crippen LogP contribution in [0.15, 0.2) is 18.5 Å². The molecule has 1 aliphatic rings. The average molecular weight is 440 g/mol. The number of nitrogens with zero attached hydrogens (tertiary/aromatic N) is 2. The first-order valence-corrected chi connectivity index (χ1v) is 9.62. The Morgan fingerprint density at radius 3 is 2.50 bits per heavy atom. The Morgan fingerprint density at radius 1 is 1.23 bits per heavy atom. The number of hydrogen-bond acceptors (Lipinski definition) is 4. The van der Waals surface area contributed by atoms with E-state index in [2.05, 4.69) is 15.3 Å². The number of nitrogens with two attached hydrogens (primary N) is 1. The van der Waals surface area contributed by atoms with Gasteiger partial charge in [0.05, 0.1) is 17.0 Å². The normalized spacial score (nSPS) is 18.7. The van der Waals surface area contributed by atoms with Crippen LogP contribution in [0.2, 0.25) is 5.02 Å². The van der Waals surface area contributed by atoms with E-state index in [1.807, 2.05) is 0 Å². The van der Waals surface area contributed by atoms with Crippen molar-refractivity contribution in [2.24, 2.45) is 11.7 Å². The number of rotatable bonds is 5. The Morgan fingerprint density at radius 2 is 1.90 bits per heavy atom. The van der Waals surface area contributed by atoms with Crippen LogP contribution in [0.3, 0.4) is 0 Å². The minimum Gasteiger partial charge on any atom is -0.364 e. The number of imidazole rings is 1. The molecule has 1 fully saturated rings. The van der Waals surface area contributed by atoms with E-state index in [0.29, 0.717) is 31.7 Å². The van der Waals surface area contributed by atoms with Gasteiger partial charge in [0.15, 0.2) is 11.5 Å². The van der Waals surface area contributed by atoms with Crippen LogP contribution in [-0.2, 0) is 4.79 Å². The number of amides is 3. The van der Waals surface area contributed by atoms with Crippen LogP contribution in [0.25, 0.3) is 0 Å². The first-order valence-electron chi connectivity index (χ1n) is 9.24. The summed E-state index contributed by atoms with van der Waals surface area (Å²) in [5.74, 6) is -3.83. The zero-order valence-electron chi connectivity index (χ0n) is 16.0. The maximum Gasteiger partial charge on any atom is 0.272 e. The number of H-pyrrole nitrogens is 1. The molecular formula is C19H20ClF2N5O3. The second kappa shape index (κ2) is 8.78. The van der Waals surface area contributed by atoms with Crippen LogP contribution in [0.5, 0.6) is 0 Å². The summed E-state index contributed by atoms with van der Waals surface area (Å²) in [6.07, 6.45) is 3.20. The molecule has 1 aliphatic carbocycles. The molecule has 1 aromatic carbocycles. The van der Waals surface area contributed by atoms with E-state index in [4.69, 9.17) is 17.3 Å². The van der Waals surface area contributed by atoms with Gasteiger partial charge in [-0.25, -0.2) is 13.8 Å². The molecule has 0 radical (unpaired) electrons. The van der Waals surface area contributed by atoms with E-state index in [1.165, 1.54) is 11.2 Å². The van der Waals surface area contributed by atoms with Gasteiger partial charge in [-0.05, 0) is 31.7 Å². The van der Waals surface area contributed by atoms with Crippen molar-refractivity contribution in [3.8, 4) is 0 Å². The second-order valence-electron chi connectivity index (χ2n) is 7.15. The highest BCUT2D eigenvalue weighted by Crippen LogP contribution is 2.31. The summed E-state index contributed by atoms with van der Waals surface area (Å²) >= 11 is 5.82. The molecule has 2 aromatic rings. The van der Waals surface area contributed by atoms with Crippen molar-refractivity contribution in [2.45, 2.75) is 31.7 Å². The van der Waals surface area contributed by atoms with Gasteiger partial charge in [-0.15, -0.1) is 0 Å². The minimum atomic E-state index is -0.947. The summed E-state index contributed by atoms with van der Waals surface area (Å²) < 4.78 is 27.0. The number of anilines is 1.